The third-order valence-corrected chi connectivity index (χ3v) is 6.63. The van der Waals surface area contributed by atoms with Crippen LogP contribution in [0.1, 0.15) is 46.9 Å². The maximum absolute atomic E-state index is 13.6. The number of carbonyl (C=O) groups excluding carboxylic acids is 1. The molecule has 2 aliphatic heterocycles. The van der Waals surface area contributed by atoms with E-state index in [0.717, 1.165) is 35.3 Å². The number of fused-ring (bicyclic) bond motifs is 2. The number of likely N-dealkylation sites (tertiary alicyclic amines) is 1. The fourth-order valence-corrected chi connectivity index (χ4v) is 4.85. The van der Waals surface area contributed by atoms with Crippen LogP contribution in [0, 0.1) is 18.3 Å². The second kappa shape index (κ2) is 6.01. The molecule has 4 heterocycles. The Morgan fingerprint density at radius 2 is 2.14 bits per heavy atom. The summed E-state index contributed by atoms with van der Waals surface area (Å²) >= 11 is 0. The molecule has 8 nitrogen and oxygen atoms in total. The molecular weight excluding hydrogens is 360 g/mol. The highest BCUT2D eigenvalue weighted by Gasteiger charge is 2.55. The van der Waals surface area contributed by atoms with Crippen molar-refractivity contribution in [2.75, 3.05) is 26.3 Å². The molecule has 0 bridgehead atoms. The SMILES string of the molecule is Cc1nn(C)c2nc(C3CC3)cc(C(=O)N3C[C@H]4COCC[C@@]4(C(=O)O)C3)c12. The number of aryl methyl sites for hydroxylation is 2. The van der Waals surface area contributed by atoms with Crippen molar-refractivity contribution in [3.8, 4) is 0 Å². The van der Waals surface area contributed by atoms with E-state index in [4.69, 9.17) is 9.72 Å². The van der Waals surface area contributed by atoms with Crippen molar-refractivity contribution in [2.45, 2.75) is 32.1 Å². The molecule has 148 valence electrons. The van der Waals surface area contributed by atoms with Gasteiger partial charge >= 0.3 is 5.97 Å². The number of carboxylic acid groups (broad SMARTS) is 1. The van der Waals surface area contributed by atoms with E-state index in [1.165, 1.54) is 0 Å². The number of carbonyl (C=O) groups is 2. The normalized spacial score (nSPS) is 27.2. The lowest BCUT2D eigenvalue weighted by Gasteiger charge is -2.33. The smallest absolute Gasteiger partial charge is 0.311 e. The van der Waals surface area contributed by atoms with E-state index in [-0.39, 0.29) is 18.4 Å². The molecule has 2 saturated heterocycles. The molecular formula is C20H24N4O4. The summed E-state index contributed by atoms with van der Waals surface area (Å²) < 4.78 is 7.25. The van der Waals surface area contributed by atoms with E-state index >= 15 is 0 Å². The van der Waals surface area contributed by atoms with Gasteiger partial charge in [0.05, 0.1) is 28.7 Å². The molecule has 8 heteroatoms. The van der Waals surface area contributed by atoms with Crippen LogP contribution in [0.15, 0.2) is 6.07 Å². The summed E-state index contributed by atoms with van der Waals surface area (Å²) in [7, 11) is 1.84. The van der Waals surface area contributed by atoms with Crippen molar-refractivity contribution in [1.29, 1.82) is 0 Å². The first-order valence-electron chi connectivity index (χ1n) is 9.85. The highest BCUT2D eigenvalue weighted by molar-refractivity contribution is 6.07. The molecule has 2 aromatic heterocycles. The van der Waals surface area contributed by atoms with E-state index in [0.29, 0.717) is 37.7 Å². The van der Waals surface area contributed by atoms with Crippen molar-refractivity contribution in [3.63, 3.8) is 0 Å². The van der Waals surface area contributed by atoms with Crippen molar-refractivity contribution in [1.82, 2.24) is 19.7 Å². The topological polar surface area (TPSA) is 97.5 Å². The lowest BCUT2D eigenvalue weighted by atomic mass is 9.74. The zero-order valence-electron chi connectivity index (χ0n) is 16.1. The Kier molecular flexibility index (Phi) is 3.78. The fraction of sp³-hybridized carbons (Fsp3) is 0.600. The average molecular weight is 384 g/mol. The van der Waals surface area contributed by atoms with Gasteiger partial charge in [-0.05, 0) is 32.3 Å². The quantitative estimate of drug-likeness (QED) is 0.865. The number of amides is 1. The minimum absolute atomic E-state index is 0.125. The summed E-state index contributed by atoms with van der Waals surface area (Å²) in [6.45, 7) is 3.34. The molecule has 3 fully saturated rings. The Labute approximate surface area is 162 Å². The third-order valence-electron chi connectivity index (χ3n) is 6.63. The van der Waals surface area contributed by atoms with Crippen molar-refractivity contribution in [3.05, 3.63) is 23.0 Å². The van der Waals surface area contributed by atoms with Gasteiger partial charge in [0.25, 0.3) is 5.91 Å². The van der Waals surface area contributed by atoms with Gasteiger partial charge in [-0.25, -0.2) is 4.98 Å². The summed E-state index contributed by atoms with van der Waals surface area (Å²) in [4.78, 5) is 32.1. The Hall–Kier alpha value is -2.48. The van der Waals surface area contributed by atoms with Crippen LogP contribution >= 0.6 is 0 Å². The highest BCUT2D eigenvalue weighted by Crippen LogP contribution is 2.44. The summed E-state index contributed by atoms with van der Waals surface area (Å²) in [5.74, 6) is -0.711. The molecule has 0 unspecified atom stereocenters. The minimum Gasteiger partial charge on any atom is -0.481 e. The average Bonchev–Trinajstić information content (AvgIpc) is 3.38. The van der Waals surface area contributed by atoms with Gasteiger partial charge in [0.15, 0.2) is 5.65 Å². The Morgan fingerprint density at radius 3 is 2.82 bits per heavy atom. The molecule has 0 spiro atoms. The number of ether oxygens (including phenoxy) is 1. The largest absolute Gasteiger partial charge is 0.481 e. The summed E-state index contributed by atoms with van der Waals surface area (Å²) in [6.07, 6.45) is 2.63. The molecule has 1 saturated carbocycles. The molecule has 0 radical (unpaired) electrons. The summed E-state index contributed by atoms with van der Waals surface area (Å²) in [5, 5.41) is 15.1. The number of carboxylic acids is 1. The number of hydrogen-bond donors (Lipinski definition) is 1. The van der Waals surface area contributed by atoms with Crippen LogP contribution in [0.25, 0.3) is 11.0 Å². The minimum atomic E-state index is -0.899. The van der Waals surface area contributed by atoms with Gasteiger partial charge in [-0.3, -0.25) is 14.3 Å². The van der Waals surface area contributed by atoms with Crippen LogP contribution in [-0.4, -0.2) is 63.0 Å². The van der Waals surface area contributed by atoms with Gasteiger partial charge in [0.1, 0.15) is 0 Å². The molecule has 5 rings (SSSR count). The van der Waals surface area contributed by atoms with Crippen molar-refractivity contribution >= 4 is 22.9 Å². The Bertz CT molecular complexity index is 996. The van der Waals surface area contributed by atoms with Crippen molar-refractivity contribution < 1.29 is 19.4 Å². The standard InChI is InChI=1S/C20H24N4O4/c1-11-16-14(7-15(12-3-4-12)21-17(16)23(2)22-11)18(25)24-8-13-9-28-6-5-20(13,10-24)19(26)27/h7,12-13H,3-6,8-10H2,1-2H3,(H,26,27)/t13-,20+/m0/s1. The molecule has 28 heavy (non-hydrogen) atoms. The Morgan fingerprint density at radius 1 is 1.36 bits per heavy atom. The number of aromatic nitrogens is 3. The molecule has 1 amide bonds. The van der Waals surface area contributed by atoms with Crippen LogP contribution in [0.5, 0.6) is 0 Å². The van der Waals surface area contributed by atoms with Crippen LogP contribution in [-0.2, 0) is 16.6 Å². The zero-order chi connectivity index (χ0) is 19.6. The predicted molar refractivity (Wildman–Crippen MR) is 100 cm³/mol. The van der Waals surface area contributed by atoms with E-state index in [1.807, 2.05) is 20.0 Å². The molecule has 1 aliphatic carbocycles. The molecule has 2 atom stereocenters. The van der Waals surface area contributed by atoms with Gasteiger partial charge in [-0.2, -0.15) is 5.10 Å². The van der Waals surface area contributed by atoms with E-state index in [1.54, 1.807) is 9.58 Å². The first-order chi connectivity index (χ1) is 13.4. The maximum Gasteiger partial charge on any atom is 0.311 e. The lowest BCUT2D eigenvalue weighted by Crippen LogP contribution is -2.45. The third kappa shape index (κ3) is 2.47. The maximum atomic E-state index is 13.6. The van der Waals surface area contributed by atoms with Crippen LogP contribution in [0.4, 0.5) is 0 Å². The van der Waals surface area contributed by atoms with Gasteiger partial charge in [-0.1, -0.05) is 0 Å². The molecule has 0 aromatic carbocycles. The van der Waals surface area contributed by atoms with E-state index in [2.05, 4.69) is 5.10 Å². The molecule has 2 aromatic rings. The predicted octanol–water partition coefficient (Wildman–Crippen LogP) is 1.72. The number of rotatable bonds is 3. The first-order valence-corrected chi connectivity index (χ1v) is 9.85. The second-order valence-corrected chi connectivity index (χ2v) is 8.45. The monoisotopic (exact) mass is 384 g/mol. The lowest BCUT2D eigenvalue weighted by molar-refractivity contribution is -0.157. The summed E-state index contributed by atoms with van der Waals surface area (Å²) in [5.41, 5.74) is 2.12. The zero-order valence-corrected chi connectivity index (χ0v) is 16.1. The number of hydrogen-bond acceptors (Lipinski definition) is 5. The molecule has 1 N–H and O–H groups in total. The summed E-state index contributed by atoms with van der Waals surface area (Å²) in [6, 6.07) is 1.91. The van der Waals surface area contributed by atoms with Gasteiger partial charge in [-0.15, -0.1) is 0 Å². The van der Waals surface area contributed by atoms with Gasteiger partial charge in [0, 0.05) is 44.3 Å². The van der Waals surface area contributed by atoms with Gasteiger partial charge < -0.3 is 14.7 Å². The second-order valence-electron chi connectivity index (χ2n) is 8.45. The first kappa shape index (κ1) is 17.6. The number of aliphatic carboxylic acids is 1. The van der Waals surface area contributed by atoms with E-state index < -0.39 is 11.4 Å². The Balaban J connectivity index is 1.57. The molecule has 3 aliphatic rings. The number of pyridine rings is 1. The van der Waals surface area contributed by atoms with Crippen molar-refractivity contribution in [2.24, 2.45) is 18.4 Å². The van der Waals surface area contributed by atoms with E-state index in [9.17, 15) is 14.7 Å². The highest BCUT2D eigenvalue weighted by atomic mass is 16.5. The fourth-order valence-electron chi connectivity index (χ4n) is 4.85. The number of nitrogens with zero attached hydrogens (tertiary/aromatic N) is 4. The van der Waals surface area contributed by atoms with Crippen LogP contribution in [0.2, 0.25) is 0 Å². The van der Waals surface area contributed by atoms with Gasteiger partial charge in [0.2, 0.25) is 0 Å². The van der Waals surface area contributed by atoms with Crippen LogP contribution < -0.4 is 0 Å². The van der Waals surface area contributed by atoms with Crippen LogP contribution in [0.3, 0.4) is 0 Å².